The zero-order chi connectivity index (χ0) is 13.0. The van der Waals surface area contributed by atoms with Crippen molar-refractivity contribution >= 4 is 32.0 Å². The predicted molar refractivity (Wildman–Crippen MR) is 64.5 cm³/mol. The third-order valence-electron chi connectivity index (χ3n) is 1.31. The van der Waals surface area contributed by atoms with Gasteiger partial charge in [0.05, 0.1) is 0 Å². The van der Waals surface area contributed by atoms with Crippen LogP contribution in [0.25, 0.3) is 0 Å². The van der Waals surface area contributed by atoms with Crippen molar-refractivity contribution in [2.24, 2.45) is 0 Å². The first-order chi connectivity index (χ1) is 7.14. The van der Waals surface area contributed by atoms with Crippen molar-refractivity contribution < 1.29 is 17.9 Å². The number of sulfonamides is 1. The maximum atomic E-state index is 11.6. The van der Waals surface area contributed by atoms with Crippen molar-refractivity contribution in [3.63, 3.8) is 0 Å². The standard InChI is InChI=1S/C9H14BrNO4S/c1-5-6-11(16(13,14)7-10)8(12)15-9(2,3)4/h1H,6-7H2,2-4H3. The number of carbonyl (C=O) groups excluding carboxylic acids is 1. The summed E-state index contributed by atoms with van der Waals surface area (Å²) in [5.41, 5.74) is -0.772. The van der Waals surface area contributed by atoms with Gasteiger partial charge in [0.1, 0.15) is 16.8 Å². The van der Waals surface area contributed by atoms with E-state index in [1.165, 1.54) is 0 Å². The van der Waals surface area contributed by atoms with Gasteiger partial charge in [0, 0.05) is 0 Å². The van der Waals surface area contributed by atoms with Crippen LogP contribution in [0.3, 0.4) is 0 Å². The van der Waals surface area contributed by atoms with Crippen LogP contribution in [0.5, 0.6) is 0 Å². The fraction of sp³-hybridized carbons (Fsp3) is 0.667. The topological polar surface area (TPSA) is 63.7 Å². The second-order valence-electron chi connectivity index (χ2n) is 3.91. The van der Waals surface area contributed by atoms with Crippen molar-refractivity contribution in [2.45, 2.75) is 26.4 Å². The molecule has 7 heteroatoms. The smallest absolute Gasteiger partial charge is 0.425 e. The van der Waals surface area contributed by atoms with Crippen LogP contribution in [-0.4, -0.2) is 35.6 Å². The molecule has 0 rings (SSSR count). The zero-order valence-corrected chi connectivity index (χ0v) is 11.8. The molecule has 0 bridgehead atoms. The number of terminal acetylenes is 1. The average molecular weight is 312 g/mol. The Bertz CT molecular complexity index is 391. The molecule has 0 aromatic rings. The number of alkyl halides is 1. The van der Waals surface area contributed by atoms with Gasteiger partial charge in [-0.2, -0.15) is 4.31 Å². The van der Waals surface area contributed by atoms with Gasteiger partial charge in [-0.15, -0.1) is 6.42 Å². The Morgan fingerprint density at radius 1 is 1.50 bits per heavy atom. The van der Waals surface area contributed by atoms with Crippen LogP contribution in [0.1, 0.15) is 20.8 Å². The molecule has 0 N–H and O–H groups in total. The molecule has 0 heterocycles. The molecular weight excluding hydrogens is 298 g/mol. The molecule has 16 heavy (non-hydrogen) atoms. The largest absolute Gasteiger partial charge is 0.443 e. The van der Waals surface area contributed by atoms with Gasteiger partial charge in [0.25, 0.3) is 10.0 Å². The Balaban J connectivity index is 4.97. The fourth-order valence-corrected chi connectivity index (χ4v) is 2.13. The molecule has 92 valence electrons. The Morgan fingerprint density at radius 2 is 2.00 bits per heavy atom. The summed E-state index contributed by atoms with van der Waals surface area (Å²) in [6.07, 6.45) is 4.04. The van der Waals surface area contributed by atoms with Gasteiger partial charge in [-0.25, -0.2) is 13.2 Å². The van der Waals surface area contributed by atoms with E-state index in [0.717, 1.165) is 0 Å². The summed E-state index contributed by atoms with van der Waals surface area (Å²) in [7, 11) is -3.76. The van der Waals surface area contributed by atoms with E-state index in [4.69, 9.17) is 11.2 Å². The monoisotopic (exact) mass is 311 g/mol. The van der Waals surface area contributed by atoms with Gasteiger partial charge >= 0.3 is 6.09 Å². The highest BCUT2D eigenvalue weighted by Gasteiger charge is 2.30. The van der Waals surface area contributed by atoms with E-state index in [1.807, 2.05) is 0 Å². The first kappa shape index (κ1) is 15.3. The van der Waals surface area contributed by atoms with Crippen LogP contribution < -0.4 is 0 Å². The van der Waals surface area contributed by atoms with Crippen LogP contribution >= 0.6 is 15.9 Å². The third kappa shape index (κ3) is 4.86. The average Bonchev–Trinajstić information content (AvgIpc) is 2.10. The van der Waals surface area contributed by atoms with Crippen LogP contribution in [0.4, 0.5) is 4.79 Å². The molecule has 0 fully saturated rings. The van der Waals surface area contributed by atoms with E-state index in [2.05, 4.69) is 21.9 Å². The lowest BCUT2D eigenvalue weighted by Crippen LogP contribution is -2.41. The normalized spacial score (nSPS) is 11.7. The predicted octanol–water partition coefficient (Wildman–Crippen LogP) is 1.54. The van der Waals surface area contributed by atoms with Gasteiger partial charge in [0.15, 0.2) is 0 Å². The number of nitrogens with zero attached hydrogens (tertiary/aromatic N) is 1. The van der Waals surface area contributed by atoms with E-state index >= 15 is 0 Å². The second-order valence-corrected chi connectivity index (χ2v) is 7.11. The lowest BCUT2D eigenvalue weighted by molar-refractivity contribution is 0.0407. The van der Waals surface area contributed by atoms with Gasteiger partial charge in [0.2, 0.25) is 0 Å². The van der Waals surface area contributed by atoms with Crippen LogP contribution in [0.2, 0.25) is 0 Å². The SMILES string of the molecule is C#CCN(C(=O)OC(C)(C)C)S(=O)(=O)CBr. The van der Waals surface area contributed by atoms with Crippen LogP contribution in [0.15, 0.2) is 0 Å². The van der Waals surface area contributed by atoms with Gasteiger partial charge in [-0.1, -0.05) is 21.9 Å². The molecule has 0 aromatic heterocycles. The number of halogens is 1. The summed E-state index contributed by atoms with van der Waals surface area (Å²) in [6, 6.07) is 0. The van der Waals surface area contributed by atoms with Crippen LogP contribution in [-0.2, 0) is 14.8 Å². The zero-order valence-electron chi connectivity index (χ0n) is 9.36. The Labute approximate surface area is 104 Å². The molecule has 0 aliphatic heterocycles. The number of rotatable bonds is 3. The maximum Gasteiger partial charge on any atom is 0.425 e. The molecule has 0 aromatic carbocycles. The number of hydrogen-bond acceptors (Lipinski definition) is 4. The Morgan fingerprint density at radius 3 is 2.31 bits per heavy atom. The van der Waals surface area contributed by atoms with E-state index in [-0.39, 0.29) is 11.2 Å². The van der Waals surface area contributed by atoms with Gasteiger partial charge in [-0.05, 0) is 20.8 Å². The summed E-state index contributed by atoms with van der Waals surface area (Å²) in [5, 5.41) is 0. The molecule has 0 unspecified atom stereocenters. The molecule has 0 radical (unpaired) electrons. The molecule has 1 amide bonds. The molecule has 0 atom stereocenters. The molecular formula is C9H14BrNO4S. The summed E-state index contributed by atoms with van der Waals surface area (Å²) in [5.74, 6) is 2.10. The van der Waals surface area contributed by atoms with E-state index in [1.54, 1.807) is 20.8 Å². The Hall–Kier alpha value is -0.740. The maximum absolute atomic E-state index is 11.6. The third-order valence-corrected chi connectivity index (χ3v) is 4.27. The molecule has 0 saturated heterocycles. The molecule has 0 saturated carbocycles. The lowest BCUT2D eigenvalue weighted by atomic mass is 10.2. The summed E-state index contributed by atoms with van der Waals surface area (Å²) in [6.45, 7) is 4.57. The summed E-state index contributed by atoms with van der Waals surface area (Å²) >= 11 is 2.78. The number of amides is 1. The van der Waals surface area contributed by atoms with Crippen molar-refractivity contribution in [1.29, 1.82) is 0 Å². The Kier molecular flexibility index (Phi) is 5.29. The molecule has 0 spiro atoms. The van der Waals surface area contributed by atoms with Crippen molar-refractivity contribution in [3.8, 4) is 12.3 Å². The first-order valence-electron chi connectivity index (χ1n) is 4.37. The lowest BCUT2D eigenvalue weighted by Gasteiger charge is -2.25. The fourth-order valence-electron chi connectivity index (χ4n) is 0.731. The van der Waals surface area contributed by atoms with Gasteiger partial charge in [-0.3, -0.25) is 0 Å². The molecule has 0 aliphatic carbocycles. The molecule has 5 nitrogen and oxygen atoms in total. The van der Waals surface area contributed by atoms with E-state index in [9.17, 15) is 13.2 Å². The van der Waals surface area contributed by atoms with E-state index < -0.39 is 21.7 Å². The minimum Gasteiger partial charge on any atom is -0.443 e. The van der Waals surface area contributed by atoms with Crippen LogP contribution in [0, 0.1) is 12.3 Å². The summed E-state index contributed by atoms with van der Waals surface area (Å²) in [4.78, 5) is 11.6. The number of ether oxygens (including phenoxy) is 1. The highest BCUT2D eigenvalue weighted by Crippen LogP contribution is 2.13. The molecule has 0 aliphatic rings. The van der Waals surface area contributed by atoms with Gasteiger partial charge < -0.3 is 4.74 Å². The van der Waals surface area contributed by atoms with Crippen molar-refractivity contribution in [2.75, 3.05) is 11.2 Å². The van der Waals surface area contributed by atoms with Crippen molar-refractivity contribution in [3.05, 3.63) is 0 Å². The van der Waals surface area contributed by atoms with E-state index in [0.29, 0.717) is 4.31 Å². The quantitative estimate of drug-likeness (QED) is 0.586. The first-order valence-corrected chi connectivity index (χ1v) is 7.10. The summed E-state index contributed by atoms with van der Waals surface area (Å²) < 4.78 is 28.1. The minimum atomic E-state index is -3.76. The number of carbonyl (C=O) groups is 1. The highest BCUT2D eigenvalue weighted by molar-refractivity contribution is 9.10. The van der Waals surface area contributed by atoms with Crippen molar-refractivity contribution in [1.82, 2.24) is 4.31 Å². The second kappa shape index (κ2) is 5.55. The highest BCUT2D eigenvalue weighted by atomic mass is 79.9. The minimum absolute atomic E-state index is 0.344. The number of hydrogen-bond donors (Lipinski definition) is 0.